The Morgan fingerprint density at radius 3 is 1.69 bits per heavy atom. The number of halogens is 1. The van der Waals surface area contributed by atoms with E-state index in [1.54, 1.807) is 0 Å². The highest BCUT2D eigenvalue weighted by molar-refractivity contribution is 5.53. The van der Waals surface area contributed by atoms with Gasteiger partial charge in [0.15, 0.2) is 5.75 Å². The normalized spacial score (nSPS) is 16.5. The minimum Gasteiger partial charge on any atom is -0.484 e. The smallest absolute Gasteiger partial charge is 0.317 e. The van der Waals surface area contributed by atoms with E-state index in [1.807, 2.05) is 0 Å². The standard InChI is InChI=1S/C9H8N2O6.C6H3FN2O4.C3H6O2.CH4/c12-10(13)6-1-2-9(8(3-6)11(14)15)17-5-7-4-16-7;7-5-2-1-4(8(10)11)3-6(5)9(12)13;4-1-3-2-5-3;/h1-3,7H,4-5H2;1-3H;3-4H,1-2H2;1H4. The fourth-order valence-corrected chi connectivity index (χ4v) is 2.16. The van der Waals surface area contributed by atoms with E-state index in [9.17, 15) is 44.8 Å². The zero-order valence-corrected chi connectivity index (χ0v) is 17.6. The first-order chi connectivity index (χ1) is 16.5. The maximum absolute atomic E-state index is 12.6. The van der Waals surface area contributed by atoms with Crippen molar-refractivity contribution < 1.29 is 43.4 Å². The van der Waals surface area contributed by atoms with Crippen LogP contribution >= 0.6 is 0 Å². The molecule has 2 atom stereocenters. The van der Waals surface area contributed by atoms with Gasteiger partial charge in [-0.3, -0.25) is 40.5 Å². The molecule has 0 spiro atoms. The summed E-state index contributed by atoms with van der Waals surface area (Å²) in [4.78, 5) is 38.3. The van der Waals surface area contributed by atoms with Crippen LogP contribution in [0.25, 0.3) is 0 Å². The molecule has 2 heterocycles. The summed E-state index contributed by atoms with van der Waals surface area (Å²) >= 11 is 0. The first kappa shape index (κ1) is 29.7. The molecule has 36 heavy (non-hydrogen) atoms. The molecule has 4 rings (SSSR count). The van der Waals surface area contributed by atoms with Crippen LogP contribution in [0, 0.1) is 46.3 Å². The van der Waals surface area contributed by atoms with E-state index in [0.717, 1.165) is 24.8 Å². The summed E-state index contributed by atoms with van der Waals surface area (Å²) in [6, 6.07) is 5.39. The molecule has 0 aliphatic carbocycles. The summed E-state index contributed by atoms with van der Waals surface area (Å²) in [5.41, 5.74) is -2.16. The molecule has 0 radical (unpaired) electrons. The monoisotopic (exact) mass is 516 g/mol. The lowest BCUT2D eigenvalue weighted by molar-refractivity contribution is -0.395. The molecule has 196 valence electrons. The summed E-state index contributed by atoms with van der Waals surface area (Å²) < 4.78 is 27.3. The summed E-state index contributed by atoms with van der Waals surface area (Å²) in [5, 5.41) is 49.6. The van der Waals surface area contributed by atoms with Crippen LogP contribution in [0.1, 0.15) is 7.43 Å². The van der Waals surface area contributed by atoms with Gasteiger partial charge in [0.2, 0.25) is 5.82 Å². The number of non-ortho nitro benzene ring substituents is 2. The van der Waals surface area contributed by atoms with Crippen LogP contribution in [0.2, 0.25) is 0 Å². The maximum atomic E-state index is 12.6. The summed E-state index contributed by atoms with van der Waals surface area (Å²) in [6.07, 6.45) is 0.153. The van der Waals surface area contributed by atoms with Crippen LogP contribution in [0.4, 0.5) is 27.1 Å². The van der Waals surface area contributed by atoms with Gasteiger partial charge in [-0.2, -0.15) is 4.39 Å². The Labute approximate surface area is 201 Å². The Bertz CT molecular complexity index is 1110. The van der Waals surface area contributed by atoms with Gasteiger partial charge in [0, 0.05) is 12.1 Å². The van der Waals surface area contributed by atoms with Crippen LogP contribution in [0.15, 0.2) is 36.4 Å². The molecule has 2 aromatic carbocycles. The third-order valence-electron chi connectivity index (χ3n) is 4.12. The molecular weight excluding hydrogens is 495 g/mol. The third-order valence-corrected chi connectivity index (χ3v) is 4.12. The summed E-state index contributed by atoms with van der Waals surface area (Å²) in [5.74, 6) is -1.08. The predicted molar refractivity (Wildman–Crippen MR) is 118 cm³/mol. The second kappa shape index (κ2) is 13.5. The van der Waals surface area contributed by atoms with E-state index in [0.29, 0.717) is 18.7 Å². The van der Waals surface area contributed by atoms with Crippen molar-refractivity contribution in [1.82, 2.24) is 0 Å². The zero-order chi connectivity index (χ0) is 26.1. The van der Waals surface area contributed by atoms with E-state index in [2.05, 4.69) is 4.74 Å². The van der Waals surface area contributed by atoms with Crippen LogP contribution < -0.4 is 4.74 Å². The third kappa shape index (κ3) is 9.49. The quantitative estimate of drug-likeness (QED) is 0.303. The van der Waals surface area contributed by atoms with E-state index < -0.39 is 42.6 Å². The molecule has 0 amide bonds. The average molecular weight is 516 g/mol. The number of aliphatic hydroxyl groups excluding tert-OH is 1. The Kier molecular flexibility index (Phi) is 11.1. The van der Waals surface area contributed by atoms with Gasteiger partial charge in [-0.1, -0.05) is 7.43 Å². The lowest BCUT2D eigenvalue weighted by Gasteiger charge is -2.04. The number of epoxide rings is 2. The van der Waals surface area contributed by atoms with Gasteiger partial charge in [0.1, 0.15) is 18.8 Å². The molecule has 2 aliphatic rings. The lowest BCUT2D eigenvalue weighted by atomic mass is 10.2. The molecule has 2 unspecified atom stereocenters. The number of rotatable bonds is 8. The minimum atomic E-state index is -1.09. The highest BCUT2D eigenvalue weighted by Gasteiger charge is 2.26. The number of aliphatic hydroxyl groups is 1. The van der Waals surface area contributed by atoms with Gasteiger partial charge in [-0.25, -0.2) is 0 Å². The Balaban J connectivity index is 0.000000301. The molecule has 1 N–H and O–H groups in total. The van der Waals surface area contributed by atoms with E-state index in [1.165, 1.54) is 6.07 Å². The first-order valence-electron chi connectivity index (χ1n) is 9.51. The Hall–Kier alpha value is -4.35. The number of benzene rings is 2. The van der Waals surface area contributed by atoms with E-state index in [-0.39, 0.29) is 44.3 Å². The summed E-state index contributed by atoms with van der Waals surface area (Å²) in [6.45, 7) is 1.73. The lowest BCUT2D eigenvalue weighted by Crippen LogP contribution is -2.06. The minimum absolute atomic E-state index is 0. The highest BCUT2D eigenvalue weighted by atomic mass is 19.1. The number of ether oxygens (including phenoxy) is 3. The van der Waals surface area contributed by atoms with E-state index >= 15 is 0 Å². The Morgan fingerprint density at radius 2 is 1.31 bits per heavy atom. The second-order valence-electron chi connectivity index (χ2n) is 6.72. The van der Waals surface area contributed by atoms with E-state index in [4.69, 9.17) is 14.6 Å². The zero-order valence-electron chi connectivity index (χ0n) is 17.6. The number of hydrogen-bond donors (Lipinski definition) is 1. The van der Waals surface area contributed by atoms with Crippen molar-refractivity contribution >= 4 is 22.7 Å². The van der Waals surface area contributed by atoms with Crippen LogP contribution in [-0.2, 0) is 9.47 Å². The predicted octanol–water partition coefficient (Wildman–Crippen LogP) is 2.94. The van der Waals surface area contributed by atoms with Crippen molar-refractivity contribution in [3.05, 3.63) is 82.7 Å². The van der Waals surface area contributed by atoms with Gasteiger partial charge < -0.3 is 19.3 Å². The molecular formula is C19H21FN4O12. The van der Waals surface area contributed by atoms with Crippen LogP contribution in [0.5, 0.6) is 5.75 Å². The molecule has 2 aromatic rings. The van der Waals surface area contributed by atoms with Gasteiger partial charge in [-0.05, 0) is 12.1 Å². The number of nitro benzene ring substituents is 4. The molecule has 2 saturated heterocycles. The van der Waals surface area contributed by atoms with Crippen molar-refractivity contribution in [3.8, 4) is 5.75 Å². The number of hydrogen-bond acceptors (Lipinski definition) is 12. The molecule has 17 heteroatoms. The molecule has 0 saturated carbocycles. The van der Waals surface area contributed by atoms with Crippen molar-refractivity contribution in [3.63, 3.8) is 0 Å². The fraction of sp³-hybridized carbons (Fsp3) is 0.368. The maximum Gasteiger partial charge on any atom is 0.317 e. The first-order valence-corrected chi connectivity index (χ1v) is 9.51. The van der Waals surface area contributed by atoms with Crippen molar-refractivity contribution in [2.24, 2.45) is 0 Å². The van der Waals surface area contributed by atoms with Crippen LogP contribution in [-0.4, -0.2) is 63.4 Å². The molecule has 2 fully saturated rings. The number of nitro groups is 4. The van der Waals surface area contributed by atoms with Crippen molar-refractivity contribution in [1.29, 1.82) is 0 Å². The molecule has 0 aromatic heterocycles. The second-order valence-corrected chi connectivity index (χ2v) is 6.72. The molecule has 0 bridgehead atoms. The van der Waals surface area contributed by atoms with Gasteiger partial charge in [0.05, 0.1) is 51.6 Å². The summed E-state index contributed by atoms with van der Waals surface area (Å²) in [7, 11) is 0. The fourth-order valence-electron chi connectivity index (χ4n) is 2.16. The molecule has 2 aliphatic heterocycles. The van der Waals surface area contributed by atoms with Gasteiger partial charge >= 0.3 is 11.4 Å². The number of nitrogens with zero attached hydrogens (tertiary/aromatic N) is 4. The highest BCUT2D eigenvalue weighted by Crippen LogP contribution is 2.31. The van der Waals surface area contributed by atoms with Crippen molar-refractivity contribution in [2.75, 3.05) is 26.4 Å². The SMILES string of the molecule is C.O=[N+]([O-])c1ccc(F)c([N+](=O)[O-])c1.O=[N+]([O-])c1ccc(OCC2CO2)c([N+](=O)[O-])c1.OCC1CO1. The van der Waals surface area contributed by atoms with Gasteiger partial charge in [0.25, 0.3) is 11.4 Å². The van der Waals surface area contributed by atoms with Gasteiger partial charge in [-0.15, -0.1) is 0 Å². The largest absolute Gasteiger partial charge is 0.484 e. The Morgan fingerprint density at radius 1 is 0.833 bits per heavy atom. The van der Waals surface area contributed by atoms with Crippen LogP contribution in [0.3, 0.4) is 0 Å². The topological polar surface area (TPSA) is 227 Å². The van der Waals surface area contributed by atoms with Crippen molar-refractivity contribution in [2.45, 2.75) is 19.6 Å². The molecule has 16 nitrogen and oxygen atoms in total. The average Bonchev–Trinajstić information content (AvgIpc) is 3.72.